The number of anilines is 1. The Kier molecular flexibility index (Phi) is 6.00. The summed E-state index contributed by atoms with van der Waals surface area (Å²) in [7, 11) is -3.52. The molecular formula is C22H28N6O3S. The minimum atomic E-state index is -3.52. The summed E-state index contributed by atoms with van der Waals surface area (Å²) in [6.07, 6.45) is 3.01. The molecule has 170 valence electrons. The summed E-state index contributed by atoms with van der Waals surface area (Å²) in [6, 6.07) is 5.08. The van der Waals surface area contributed by atoms with Gasteiger partial charge < -0.3 is 4.90 Å². The van der Waals surface area contributed by atoms with Gasteiger partial charge in [0.2, 0.25) is 15.9 Å². The highest BCUT2D eigenvalue weighted by Gasteiger charge is 2.28. The fraction of sp³-hybridized carbons (Fsp3) is 0.455. The zero-order chi connectivity index (χ0) is 23.0. The molecule has 1 aliphatic heterocycles. The van der Waals surface area contributed by atoms with Crippen LogP contribution in [0, 0.1) is 13.8 Å². The van der Waals surface area contributed by atoms with Gasteiger partial charge in [0, 0.05) is 43.1 Å². The second-order valence-corrected chi connectivity index (χ2v) is 9.85. The van der Waals surface area contributed by atoms with Crippen molar-refractivity contribution in [2.24, 2.45) is 0 Å². The number of nitrogens with zero attached hydrogens (tertiary/aromatic N) is 6. The summed E-state index contributed by atoms with van der Waals surface area (Å²) in [4.78, 5) is 23.7. The number of benzene rings is 1. The van der Waals surface area contributed by atoms with Crippen LogP contribution in [0.5, 0.6) is 0 Å². The van der Waals surface area contributed by atoms with Gasteiger partial charge in [-0.05, 0) is 56.0 Å². The van der Waals surface area contributed by atoms with Crippen LogP contribution >= 0.6 is 0 Å². The molecular weight excluding hydrogens is 428 g/mol. The van der Waals surface area contributed by atoms with Gasteiger partial charge in [-0.2, -0.15) is 14.4 Å². The van der Waals surface area contributed by atoms with Crippen LogP contribution in [0.3, 0.4) is 0 Å². The summed E-state index contributed by atoms with van der Waals surface area (Å²) in [5.41, 5.74) is 4.47. The van der Waals surface area contributed by atoms with E-state index in [0.29, 0.717) is 44.7 Å². The maximum Gasteiger partial charge on any atom is 0.252 e. The summed E-state index contributed by atoms with van der Waals surface area (Å²) in [6.45, 7) is 8.94. The first-order valence-electron chi connectivity index (χ1n) is 10.9. The van der Waals surface area contributed by atoms with Crippen molar-refractivity contribution in [3.8, 4) is 0 Å². The molecule has 3 aromatic rings. The molecule has 1 aliphatic rings. The minimum absolute atomic E-state index is 0.0144. The quantitative estimate of drug-likeness (QED) is 0.541. The number of carbonyl (C=O) groups is 1. The second kappa shape index (κ2) is 8.59. The number of rotatable bonds is 7. The Labute approximate surface area is 188 Å². The van der Waals surface area contributed by atoms with Gasteiger partial charge in [0.1, 0.15) is 6.33 Å². The Balaban J connectivity index is 1.52. The maximum atomic E-state index is 13.0. The first-order valence-corrected chi connectivity index (χ1v) is 12.3. The third-order valence-electron chi connectivity index (χ3n) is 6.17. The Morgan fingerprint density at radius 1 is 1.19 bits per heavy atom. The van der Waals surface area contributed by atoms with E-state index in [2.05, 4.69) is 15.1 Å². The highest BCUT2D eigenvalue weighted by molar-refractivity contribution is 7.89. The molecule has 0 N–H and O–H groups in total. The van der Waals surface area contributed by atoms with Crippen LogP contribution in [-0.2, 0) is 27.7 Å². The highest BCUT2D eigenvalue weighted by Crippen LogP contribution is 2.32. The van der Waals surface area contributed by atoms with E-state index in [-0.39, 0.29) is 10.8 Å². The first kappa shape index (κ1) is 22.3. The molecule has 0 saturated carbocycles. The zero-order valence-corrected chi connectivity index (χ0v) is 19.7. The SMILES string of the molecule is CCN(CC)S(=O)(=O)c1ccc2c(c1)CCN2C(=O)CCc1c(C)nc2ncnn2c1C. The van der Waals surface area contributed by atoms with Crippen LogP contribution in [0.25, 0.3) is 5.78 Å². The van der Waals surface area contributed by atoms with Crippen LogP contribution in [0.15, 0.2) is 29.4 Å². The molecule has 32 heavy (non-hydrogen) atoms. The summed E-state index contributed by atoms with van der Waals surface area (Å²) >= 11 is 0. The number of hydrogen-bond donors (Lipinski definition) is 0. The van der Waals surface area contributed by atoms with Crippen molar-refractivity contribution in [3.05, 3.63) is 47.0 Å². The van der Waals surface area contributed by atoms with E-state index in [1.807, 2.05) is 27.7 Å². The molecule has 2 aromatic heterocycles. The molecule has 1 amide bonds. The predicted molar refractivity (Wildman–Crippen MR) is 121 cm³/mol. The number of sulfonamides is 1. The average Bonchev–Trinajstić information content (AvgIpc) is 3.40. The van der Waals surface area contributed by atoms with Crippen LogP contribution < -0.4 is 4.90 Å². The van der Waals surface area contributed by atoms with Gasteiger partial charge >= 0.3 is 0 Å². The van der Waals surface area contributed by atoms with Crippen LogP contribution in [0.1, 0.15) is 42.8 Å². The van der Waals surface area contributed by atoms with Crippen molar-refractivity contribution in [1.29, 1.82) is 0 Å². The lowest BCUT2D eigenvalue weighted by molar-refractivity contribution is -0.118. The Hall–Kier alpha value is -2.85. The molecule has 0 spiro atoms. The van der Waals surface area contributed by atoms with E-state index in [1.54, 1.807) is 27.6 Å². The molecule has 0 atom stereocenters. The van der Waals surface area contributed by atoms with Crippen LogP contribution in [-0.4, -0.2) is 57.8 Å². The number of hydrogen-bond acceptors (Lipinski definition) is 6. The largest absolute Gasteiger partial charge is 0.312 e. The predicted octanol–water partition coefficient (Wildman–Crippen LogP) is 2.29. The van der Waals surface area contributed by atoms with E-state index in [1.165, 1.54) is 10.6 Å². The maximum absolute atomic E-state index is 13.0. The number of fused-ring (bicyclic) bond motifs is 2. The standard InChI is InChI=1S/C22H28N6O3S/c1-5-26(6-2)32(30,31)18-7-9-20-17(13-18)11-12-27(20)21(29)10-8-19-15(3)25-22-23-14-24-28(22)16(19)4/h7,9,13-14H,5-6,8,10-12H2,1-4H3. The van der Waals surface area contributed by atoms with E-state index in [9.17, 15) is 13.2 Å². The number of aryl methyl sites for hydroxylation is 2. The molecule has 0 bridgehead atoms. The third-order valence-corrected chi connectivity index (χ3v) is 8.21. The van der Waals surface area contributed by atoms with Crippen molar-refractivity contribution >= 4 is 27.4 Å². The molecule has 9 nitrogen and oxygen atoms in total. The van der Waals surface area contributed by atoms with Gasteiger partial charge in [0.15, 0.2) is 0 Å². The number of carbonyl (C=O) groups excluding carboxylic acids is 1. The fourth-order valence-electron chi connectivity index (χ4n) is 4.39. The Morgan fingerprint density at radius 3 is 2.66 bits per heavy atom. The van der Waals surface area contributed by atoms with Gasteiger partial charge in [-0.1, -0.05) is 13.8 Å². The lowest BCUT2D eigenvalue weighted by atomic mass is 10.1. The molecule has 4 rings (SSSR count). The molecule has 10 heteroatoms. The summed E-state index contributed by atoms with van der Waals surface area (Å²) in [5, 5.41) is 4.20. The summed E-state index contributed by atoms with van der Waals surface area (Å²) in [5.74, 6) is 0.569. The molecule has 0 radical (unpaired) electrons. The van der Waals surface area contributed by atoms with Crippen molar-refractivity contribution in [1.82, 2.24) is 23.9 Å². The van der Waals surface area contributed by atoms with E-state index in [4.69, 9.17) is 0 Å². The smallest absolute Gasteiger partial charge is 0.252 e. The van der Waals surface area contributed by atoms with Crippen LogP contribution in [0.2, 0.25) is 0 Å². The molecule has 1 aromatic carbocycles. The topological polar surface area (TPSA) is 101 Å². The van der Waals surface area contributed by atoms with E-state index in [0.717, 1.165) is 28.2 Å². The monoisotopic (exact) mass is 456 g/mol. The highest BCUT2D eigenvalue weighted by atomic mass is 32.2. The molecule has 0 fully saturated rings. The second-order valence-electron chi connectivity index (χ2n) is 7.91. The fourth-order valence-corrected chi connectivity index (χ4v) is 5.90. The number of amides is 1. The normalized spacial score (nSPS) is 13.8. The third kappa shape index (κ3) is 3.77. The lowest BCUT2D eigenvalue weighted by Gasteiger charge is -2.20. The molecule has 3 heterocycles. The van der Waals surface area contributed by atoms with E-state index < -0.39 is 10.0 Å². The van der Waals surface area contributed by atoms with Gasteiger partial charge in [0.05, 0.1) is 4.90 Å². The Bertz CT molecular complexity index is 1280. The Morgan fingerprint density at radius 2 is 1.94 bits per heavy atom. The molecule has 0 aliphatic carbocycles. The average molecular weight is 457 g/mol. The van der Waals surface area contributed by atoms with Crippen molar-refractivity contribution in [3.63, 3.8) is 0 Å². The zero-order valence-electron chi connectivity index (χ0n) is 18.9. The minimum Gasteiger partial charge on any atom is -0.312 e. The van der Waals surface area contributed by atoms with Gasteiger partial charge in [0.25, 0.3) is 5.78 Å². The van der Waals surface area contributed by atoms with Crippen molar-refractivity contribution in [2.45, 2.75) is 51.9 Å². The molecule has 0 unspecified atom stereocenters. The van der Waals surface area contributed by atoms with Crippen molar-refractivity contribution in [2.75, 3.05) is 24.5 Å². The van der Waals surface area contributed by atoms with Gasteiger partial charge in [-0.3, -0.25) is 4.79 Å². The summed E-state index contributed by atoms with van der Waals surface area (Å²) < 4.78 is 28.8. The van der Waals surface area contributed by atoms with Crippen LogP contribution in [0.4, 0.5) is 5.69 Å². The van der Waals surface area contributed by atoms with Gasteiger partial charge in [-0.25, -0.2) is 17.9 Å². The first-order chi connectivity index (χ1) is 15.3. The lowest BCUT2D eigenvalue weighted by Crippen LogP contribution is -2.31. The van der Waals surface area contributed by atoms with Gasteiger partial charge in [-0.15, -0.1) is 0 Å². The molecule has 0 saturated heterocycles. The van der Waals surface area contributed by atoms with Crippen molar-refractivity contribution < 1.29 is 13.2 Å². The van der Waals surface area contributed by atoms with E-state index >= 15 is 0 Å². The number of aromatic nitrogens is 4.